The molecule has 104 valence electrons. The Labute approximate surface area is 114 Å². The number of aliphatic carboxylic acids is 1. The number of rotatable bonds is 5. The van der Waals surface area contributed by atoms with E-state index >= 15 is 0 Å². The predicted octanol–water partition coefficient (Wildman–Crippen LogP) is 1.70. The van der Waals surface area contributed by atoms with Gasteiger partial charge in [-0.2, -0.15) is 0 Å². The monoisotopic (exact) mass is 276 g/mol. The summed E-state index contributed by atoms with van der Waals surface area (Å²) in [6, 6.07) is 8.02. The van der Waals surface area contributed by atoms with Crippen molar-refractivity contribution in [3.63, 3.8) is 0 Å². The van der Waals surface area contributed by atoms with Gasteiger partial charge in [0.2, 0.25) is 0 Å². The molecule has 0 spiro atoms. The van der Waals surface area contributed by atoms with Crippen molar-refractivity contribution in [2.45, 2.75) is 6.92 Å². The van der Waals surface area contributed by atoms with Crippen LogP contribution < -0.4 is 10.1 Å². The van der Waals surface area contributed by atoms with Crippen LogP contribution in [0.1, 0.15) is 16.2 Å². The fourth-order valence-electron chi connectivity index (χ4n) is 1.50. The molecule has 0 atom stereocenters. The maximum absolute atomic E-state index is 11.9. The highest BCUT2D eigenvalue weighted by atomic mass is 16.5. The van der Waals surface area contributed by atoms with Crippen LogP contribution in [0.3, 0.4) is 0 Å². The standard InChI is InChI=1S/C13H12N2O5/c1-8-6-10(15-20-8)13(18)14-9-4-2-3-5-11(9)19-7-12(16)17/h2-6H,7H2,1H3,(H,14,18)(H,16,17). The fraction of sp³-hybridized carbons (Fsp3) is 0.154. The van der Waals surface area contributed by atoms with Gasteiger partial charge in [-0.3, -0.25) is 4.79 Å². The van der Waals surface area contributed by atoms with E-state index in [-0.39, 0.29) is 11.4 Å². The largest absolute Gasteiger partial charge is 0.480 e. The van der Waals surface area contributed by atoms with Crippen LogP contribution in [0.15, 0.2) is 34.9 Å². The number of anilines is 1. The number of carboxylic acid groups (broad SMARTS) is 1. The van der Waals surface area contributed by atoms with Crippen LogP contribution in [0.4, 0.5) is 5.69 Å². The van der Waals surface area contributed by atoms with E-state index < -0.39 is 18.5 Å². The number of benzene rings is 1. The highest BCUT2D eigenvalue weighted by Gasteiger charge is 2.13. The molecule has 20 heavy (non-hydrogen) atoms. The maximum Gasteiger partial charge on any atom is 0.341 e. The zero-order chi connectivity index (χ0) is 14.5. The zero-order valence-corrected chi connectivity index (χ0v) is 10.6. The summed E-state index contributed by atoms with van der Waals surface area (Å²) >= 11 is 0. The van der Waals surface area contributed by atoms with Crippen molar-refractivity contribution in [2.75, 3.05) is 11.9 Å². The highest BCUT2D eigenvalue weighted by Crippen LogP contribution is 2.24. The Morgan fingerprint density at radius 1 is 1.40 bits per heavy atom. The summed E-state index contributed by atoms with van der Waals surface area (Å²) < 4.78 is 9.90. The smallest absolute Gasteiger partial charge is 0.341 e. The molecule has 0 fully saturated rings. The van der Waals surface area contributed by atoms with E-state index in [0.29, 0.717) is 11.4 Å². The van der Waals surface area contributed by atoms with Crippen molar-refractivity contribution in [3.8, 4) is 5.75 Å². The number of nitrogens with one attached hydrogen (secondary N) is 1. The fourth-order valence-corrected chi connectivity index (χ4v) is 1.50. The molecule has 1 amide bonds. The van der Waals surface area contributed by atoms with E-state index in [1.165, 1.54) is 6.07 Å². The molecule has 0 aliphatic carbocycles. The van der Waals surface area contributed by atoms with Crippen molar-refractivity contribution in [1.29, 1.82) is 0 Å². The number of hydrogen-bond donors (Lipinski definition) is 2. The number of aromatic nitrogens is 1. The lowest BCUT2D eigenvalue weighted by molar-refractivity contribution is -0.139. The Bertz CT molecular complexity index is 635. The molecule has 0 saturated heterocycles. The Hall–Kier alpha value is -2.83. The molecule has 0 aliphatic heterocycles. The van der Waals surface area contributed by atoms with Crippen LogP contribution in [0.2, 0.25) is 0 Å². The zero-order valence-electron chi connectivity index (χ0n) is 10.6. The van der Waals surface area contributed by atoms with Gasteiger partial charge < -0.3 is 19.7 Å². The molecule has 0 aliphatic rings. The van der Waals surface area contributed by atoms with Gasteiger partial charge in [0.05, 0.1) is 5.69 Å². The average Bonchev–Trinajstić information content (AvgIpc) is 2.84. The summed E-state index contributed by atoms with van der Waals surface area (Å²) in [5, 5.41) is 14.8. The number of carbonyl (C=O) groups excluding carboxylic acids is 1. The van der Waals surface area contributed by atoms with Crippen molar-refractivity contribution in [2.24, 2.45) is 0 Å². The molecule has 0 saturated carbocycles. The van der Waals surface area contributed by atoms with Gasteiger partial charge >= 0.3 is 5.97 Å². The number of carbonyl (C=O) groups is 2. The van der Waals surface area contributed by atoms with Gasteiger partial charge in [0.1, 0.15) is 11.5 Å². The Morgan fingerprint density at radius 2 is 2.15 bits per heavy atom. The first-order valence-electron chi connectivity index (χ1n) is 5.74. The number of ether oxygens (including phenoxy) is 1. The van der Waals surface area contributed by atoms with Crippen molar-refractivity contribution < 1.29 is 24.0 Å². The van der Waals surface area contributed by atoms with Crippen LogP contribution in [0, 0.1) is 6.92 Å². The third-order valence-electron chi connectivity index (χ3n) is 2.35. The van der Waals surface area contributed by atoms with Crippen molar-refractivity contribution in [3.05, 3.63) is 41.8 Å². The van der Waals surface area contributed by atoms with E-state index in [4.69, 9.17) is 14.4 Å². The molecule has 2 N–H and O–H groups in total. The Balaban J connectivity index is 2.12. The lowest BCUT2D eigenvalue weighted by atomic mass is 10.2. The quantitative estimate of drug-likeness (QED) is 0.861. The second kappa shape index (κ2) is 5.87. The Morgan fingerprint density at radius 3 is 2.80 bits per heavy atom. The third-order valence-corrected chi connectivity index (χ3v) is 2.35. The Kier molecular flexibility index (Phi) is 3.99. The number of hydrogen-bond acceptors (Lipinski definition) is 5. The van der Waals surface area contributed by atoms with Crippen LogP contribution in [0.5, 0.6) is 5.75 Å². The molecule has 1 aromatic heterocycles. The second-order valence-corrected chi connectivity index (χ2v) is 3.96. The van der Waals surface area contributed by atoms with E-state index in [1.54, 1.807) is 31.2 Å². The van der Waals surface area contributed by atoms with Gasteiger partial charge in [0.15, 0.2) is 12.3 Å². The highest BCUT2D eigenvalue weighted by molar-refractivity contribution is 6.03. The summed E-state index contributed by atoms with van der Waals surface area (Å²) in [7, 11) is 0. The molecule has 0 unspecified atom stereocenters. The van der Waals surface area contributed by atoms with Crippen molar-refractivity contribution >= 4 is 17.6 Å². The number of aryl methyl sites for hydroxylation is 1. The number of carboxylic acids is 1. The van der Waals surface area contributed by atoms with Crippen LogP contribution >= 0.6 is 0 Å². The number of nitrogens with zero attached hydrogens (tertiary/aromatic N) is 1. The summed E-state index contributed by atoms with van der Waals surface area (Å²) in [5.74, 6) is -0.777. The van der Waals surface area contributed by atoms with E-state index in [2.05, 4.69) is 10.5 Å². The minimum absolute atomic E-state index is 0.135. The van der Waals surface area contributed by atoms with Crippen LogP contribution in [0.25, 0.3) is 0 Å². The third kappa shape index (κ3) is 3.35. The lowest BCUT2D eigenvalue weighted by Crippen LogP contribution is -2.15. The maximum atomic E-state index is 11.9. The van der Waals surface area contributed by atoms with Gasteiger partial charge in [0.25, 0.3) is 5.91 Å². The molecule has 1 heterocycles. The van der Waals surface area contributed by atoms with Gasteiger partial charge in [0, 0.05) is 6.07 Å². The van der Waals surface area contributed by atoms with E-state index in [1.807, 2.05) is 0 Å². The van der Waals surface area contributed by atoms with Crippen LogP contribution in [-0.4, -0.2) is 28.7 Å². The molecule has 0 bridgehead atoms. The van der Waals surface area contributed by atoms with Gasteiger partial charge in [-0.25, -0.2) is 4.79 Å². The van der Waals surface area contributed by atoms with Crippen LogP contribution in [-0.2, 0) is 4.79 Å². The van der Waals surface area contributed by atoms with Gasteiger partial charge in [-0.1, -0.05) is 17.3 Å². The van der Waals surface area contributed by atoms with Gasteiger partial charge in [-0.05, 0) is 19.1 Å². The molecule has 7 heteroatoms. The second-order valence-electron chi connectivity index (χ2n) is 3.96. The lowest BCUT2D eigenvalue weighted by Gasteiger charge is -2.10. The first-order chi connectivity index (χ1) is 9.56. The molecule has 0 radical (unpaired) electrons. The van der Waals surface area contributed by atoms with E-state index in [0.717, 1.165) is 0 Å². The molecule has 2 aromatic rings. The minimum Gasteiger partial charge on any atom is -0.480 e. The number of para-hydroxylation sites is 2. The summed E-state index contributed by atoms with van der Waals surface area (Å²) in [5.41, 5.74) is 0.495. The van der Waals surface area contributed by atoms with E-state index in [9.17, 15) is 9.59 Å². The summed E-state index contributed by atoms with van der Waals surface area (Å²) in [6.07, 6.45) is 0. The summed E-state index contributed by atoms with van der Waals surface area (Å²) in [6.45, 7) is 1.18. The molecule has 7 nitrogen and oxygen atoms in total. The molecule has 1 aromatic carbocycles. The van der Waals surface area contributed by atoms with Crippen molar-refractivity contribution in [1.82, 2.24) is 5.16 Å². The molecular weight excluding hydrogens is 264 g/mol. The predicted molar refractivity (Wildman–Crippen MR) is 68.8 cm³/mol. The average molecular weight is 276 g/mol. The molecule has 2 rings (SSSR count). The normalized spacial score (nSPS) is 10.1. The molecular formula is C13H12N2O5. The minimum atomic E-state index is -1.10. The number of amides is 1. The first kappa shape index (κ1) is 13.6. The summed E-state index contributed by atoms with van der Waals surface area (Å²) in [4.78, 5) is 22.4. The van der Waals surface area contributed by atoms with Gasteiger partial charge in [-0.15, -0.1) is 0 Å². The SMILES string of the molecule is Cc1cc(C(=O)Nc2ccccc2OCC(=O)O)no1. The first-order valence-corrected chi connectivity index (χ1v) is 5.74. The topological polar surface area (TPSA) is 102 Å².